The van der Waals surface area contributed by atoms with Crippen molar-refractivity contribution in [3.05, 3.63) is 39.6 Å². The summed E-state index contributed by atoms with van der Waals surface area (Å²) in [7, 11) is 0. The average molecular weight is 422 g/mol. The number of benzene rings is 1. The van der Waals surface area contributed by atoms with Gasteiger partial charge in [-0.1, -0.05) is 23.6 Å². The lowest BCUT2D eigenvalue weighted by atomic mass is 9.87. The second kappa shape index (κ2) is 8.95. The zero-order valence-electron chi connectivity index (χ0n) is 16.2. The van der Waals surface area contributed by atoms with Crippen LogP contribution in [0.3, 0.4) is 0 Å². The molecule has 154 valence electrons. The number of halogens is 3. The van der Waals surface area contributed by atoms with E-state index in [4.69, 9.17) is 22.1 Å². The lowest BCUT2D eigenvalue weighted by Crippen LogP contribution is -2.35. The summed E-state index contributed by atoms with van der Waals surface area (Å²) >= 11 is 6.46. The van der Waals surface area contributed by atoms with Gasteiger partial charge in [-0.3, -0.25) is 4.79 Å². The van der Waals surface area contributed by atoms with Crippen molar-refractivity contribution in [2.45, 2.75) is 45.8 Å². The molecule has 4 N–H and O–H groups in total. The first-order valence-corrected chi connectivity index (χ1v) is 9.64. The highest BCUT2D eigenvalue weighted by molar-refractivity contribution is 6.37. The number of carbonyl (C=O) groups is 1. The second-order valence-corrected chi connectivity index (χ2v) is 7.24. The number of nitrogens with two attached hydrogens (primary N) is 1. The molecule has 1 aromatic heterocycles. The minimum atomic E-state index is -0.997. The van der Waals surface area contributed by atoms with Crippen molar-refractivity contribution >= 4 is 34.0 Å². The molecule has 1 atom stereocenters. The summed E-state index contributed by atoms with van der Waals surface area (Å²) in [6, 6.07) is -0.222. The fourth-order valence-corrected chi connectivity index (χ4v) is 3.93. The number of rotatable bonds is 5. The van der Waals surface area contributed by atoms with Crippen LogP contribution in [-0.2, 0) is 16.1 Å². The number of allylic oxidation sites excluding steroid dienone is 1. The van der Waals surface area contributed by atoms with Crippen LogP contribution < -0.4 is 11.1 Å². The van der Waals surface area contributed by atoms with Crippen molar-refractivity contribution < 1.29 is 18.3 Å². The molecule has 1 aromatic carbocycles. The molecule has 0 bridgehead atoms. The van der Waals surface area contributed by atoms with E-state index in [-0.39, 0.29) is 36.4 Å². The molecule has 0 aliphatic heterocycles. The average Bonchev–Trinajstić information content (AvgIpc) is 2.97. The Balaban J connectivity index is 2.09. The number of carbonyl (C=O) groups excluding carboxylic acids is 1. The maximum Gasteiger partial charge on any atom is 0.296 e. The standard InChI is InChI=1S/C21H22ClF2N3O2/c1-3-5-15(28)27-13-7-4-6-12(8-13)16-17-18(22)11(2)26-21(17)14(9-29-10-25)19(23)20(16)24/h6,13,26H,4,7-10,25H2,1-2H3,(H,27,28). The summed E-state index contributed by atoms with van der Waals surface area (Å²) in [6.07, 6.45) is 3.51. The van der Waals surface area contributed by atoms with E-state index in [1.54, 1.807) is 13.8 Å². The summed E-state index contributed by atoms with van der Waals surface area (Å²) < 4.78 is 35.3. The number of hydrogen-bond donors (Lipinski definition) is 3. The fourth-order valence-electron chi connectivity index (χ4n) is 3.69. The number of ether oxygens (including phenoxy) is 1. The molecular formula is C21H22ClF2N3O2. The van der Waals surface area contributed by atoms with Gasteiger partial charge in [-0.2, -0.15) is 0 Å². The van der Waals surface area contributed by atoms with Gasteiger partial charge in [0.15, 0.2) is 11.6 Å². The molecule has 3 rings (SSSR count). The number of nitrogens with one attached hydrogen (secondary N) is 2. The molecule has 0 spiro atoms. The number of aromatic amines is 1. The molecule has 1 heterocycles. The highest BCUT2D eigenvalue weighted by Crippen LogP contribution is 2.41. The molecule has 0 radical (unpaired) electrons. The van der Waals surface area contributed by atoms with Gasteiger partial charge in [-0.25, -0.2) is 8.78 Å². The van der Waals surface area contributed by atoms with Crippen molar-refractivity contribution in [1.29, 1.82) is 0 Å². The van der Waals surface area contributed by atoms with Gasteiger partial charge in [0.2, 0.25) is 0 Å². The molecule has 0 saturated carbocycles. The lowest BCUT2D eigenvalue weighted by Gasteiger charge is -2.24. The van der Waals surface area contributed by atoms with Crippen LogP contribution in [0.25, 0.3) is 16.5 Å². The molecule has 1 aliphatic carbocycles. The first-order chi connectivity index (χ1) is 13.9. The monoisotopic (exact) mass is 421 g/mol. The van der Waals surface area contributed by atoms with Crippen LogP contribution in [0.1, 0.15) is 43.0 Å². The zero-order valence-corrected chi connectivity index (χ0v) is 17.0. The van der Waals surface area contributed by atoms with Crippen LogP contribution in [0.2, 0.25) is 5.02 Å². The molecule has 0 saturated heterocycles. The second-order valence-electron chi connectivity index (χ2n) is 6.87. The minimum absolute atomic E-state index is 0.0428. The maximum atomic E-state index is 15.2. The van der Waals surface area contributed by atoms with Gasteiger partial charge in [-0.05, 0) is 44.6 Å². The van der Waals surface area contributed by atoms with Crippen molar-refractivity contribution in [2.75, 3.05) is 6.73 Å². The first-order valence-electron chi connectivity index (χ1n) is 9.27. The van der Waals surface area contributed by atoms with Crippen LogP contribution in [0, 0.1) is 30.4 Å². The van der Waals surface area contributed by atoms with E-state index in [2.05, 4.69) is 22.1 Å². The number of hydrogen-bond acceptors (Lipinski definition) is 3. The molecule has 2 aromatic rings. The minimum Gasteiger partial charge on any atom is -0.362 e. The SMILES string of the molecule is CC#CC(=O)NC1CCC=C(c2c(F)c(F)c(COCN)c3[nH]c(C)c(Cl)c23)C1. The van der Waals surface area contributed by atoms with Crippen LogP contribution in [-0.4, -0.2) is 23.7 Å². The number of aromatic nitrogens is 1. The number of fused-ring (bicyclic) bond motifs is 1. The highest BCUT2D eigenvalue weighted by Gasteiger charge is 2.28. The molecule has 8 heteroatoms. The molecular weight excluding hydrogens is 400 g/mol. The van der Waals surface area contributed by atoms with Crippen LogP contribution in [0.15, 0.2) is 6.08 Å². The summed E-state index contributed by atoms with van der Waals surface area (Å²) in [5.74, 6) is 2.61. The van der Waals surface area contributed by atoms with Gasteiger partial charge in [-0.15, -0.1) is 0 Å². The van der Waals surface area contributed by atoms with E-state index in [1.807, 2.05) is 6.08 Å². The van der Waals surface area contributed by atoms with Gasteiger partial charge in [0.05, 0.1) is 23.9 Å². The Labute approximate surface area is 172 Å². The fraction of sp³-hybridized carbons (Fsp3) is 0.381. The maximum absolute atomic E-state index is 15.2. The summed E-state index contributed by atoms with van der Waals surface area (Å²) in [4.78, 5) is 14.8. The first kappa shape index (κ1) is 21.3. The number of amides is 1. The van der Waals surface area contributed by atoms with Gasteiger partial charge in [0.1, 0.15) is 0 Å². The number of aryl methyl sites for hydroxylation is 1. The highest BCUT2D eigenvalue weighted by atomic mass is 35.5. The Morgan fingerprint density at radius 3 is 2.90 bits per heavy atom. The Morgan fingerprint density at radius 1 is 1.45 bits per heavy atom. The Morgan fingerprint density at radius 2 is 2.21 bits per heavy atom. The molecule has 29 heavy (non-hydrogen) atoms. The third-order valence-electron chi connectivity index (χ3n) is 4.97. The molecule has 1 unspecified atom stereocenters. The van der Waals surface area contributed by atoms with Crippen LogP contribution in [0.5, 0.6) is 0 Å². The topological polar surface area (TPSA) is 80.1 Å². The molecule has 1 aliphatic rings. The summed E-state index contributed by atoms with van der Waals surface area (Å²) in [5.41, 5.74) is 7.08. The largest absolute Gasteiger partial charge is 0.362 e. The van der Waals surface area contributed by atoms with Crippen molar-refractivity contribution in [2.24, 2.45) is 5.73 Å². The predicted octanol–water partition coefficient (Wildman–Crippen LogP) is 3.92. The van der Waals surface area contributed by atoms with Gasteiger partial charge in [0, 0.05) is 28.2 Å². The Kier molecular flexibility index (Phi) is 6.58. The Bertz CT molecular complexity index is 1050. The van der Waals surface area contributed by atoms with E-state index in [0.29, 0.717) is 46.5 Å². The van der Waals surface area contributed by atoms with E-state index in [9.17, 15) is 9.18 Å². The molecule has 1 amide bonds. The predicted molar refractivity (Wildman–Crippen MR) is 109 cm³/mol. The van der Waals surface area contributed by atoms with Crippen LogP contribution >= 0.6 is 11.6 Å². The van der Waals surface area contributed by atoms with Crippen molar-refractivity contribution in [3.63, 3.8) is 0 Å². The van der Waals surface area contributed by atoms with Crippen LogP contribution in [0.4, 0.5) is 8.78 Å². The van der Waals surface area contributed by atoms with Gasteiger partial charge < -0.3 is 20.8 Å². The Hall–Kier alpha value is -2.40. The van der Waals surface area contributed by atoms with E-state index >= 15 is 4.39 Å². The van der Waals surface area contributed by atoms with E-state index < -0.39 is 11.6 Å². The third kappa shape index (κ3) is 4.15. The number of H-pyrrole nitrogens is 1. The van der Waals surface area contributed by atoms with Crippen molar-refractivity contribution in [1.82, 2.24) is 10.3 Å². The van der Waals surface area contributed by atoms with Gasteiger partial charge in [0.25, 0.3) is 5.91 Å². The van der Waals surface area contributed by atoms with Gasteiger partial charge >= 0.3 is 0 Å². The van der Waals surface area contributed by atoms with E-state index in [0.717, 1.165) is 0 Å². The molecule has 5 nitrogen and oxygen atoms in total. The van der Waals surface area contributed by atoms with Crippen molar-refractivity contribution in [3.8, 4) is 11.8 Å². The third-order valence-corrected chi connectivity index (χ3v) is 5.44. The van der Waals surface area contributed by atoms with E-state index in [1.165, 1.54) is 0 Å². The summed E-state index contributed by atoms with van der Waals surface area (Å²) in [6.45, 7) is 3.01. The molecule has 0 fully saturated rings. The quantitative estimate of drug-likeness (QED) is 0.505. The normalized spacial score (nSPS) is 16.3. The smallest absolute Gasteiger partial charge is 0.296 e. The summed E-state index contributed by atoms with van der Waals surface area (Å²) in [5, 5.41) is 3.55. The lowest BCUT2D eigenvalue weighted by molar-refractivity contribution is -0.116. The zero-order chi connectivity index (χ0) is 21.1.